The van der Waals surface area contributed by atoms with E-state index in [1.54, 1.807) is 18.5 Å². The number of aldehydes is 1. The second kappa shape index (κ2) is 6.21. The van der Waals surface area contributed by atoms with Gasteiger partial charge in [0, 0.05) is 11.8 Å². The van der Waals surface area contributed by atoms with Crippen LogP contribution in [0.25, 0.3) is 0 Å². The van der Waals surface area contributed by atoms with E-state index in [0.717, 1.165) is 5.56 Å². The molecule has 1 heterocycles. The lowest BCUT2D eigenvalue weighted by atomic mass is 10.2. The Morgan fingerprint density at radius 2 is 2.06 bits per heavy atom. The van der Waals surface area contributed by atoms with Crippen LogP contribution >= 0.6 is 0 Å². The molecular weight excluding hydrogens is 226 g/mol. The molecule has 3 nitrogen and oxygen atoms in total. The number of carbonyl (C=O) groups excluding carboxylic acids is 1. The molecule has 0 aliphatic rings. The standard InChI is InChI=1S/C15H11NO2/c17-8-4-7-14-9-15(11-16-10-14)18-12-13-5-2-1-3-6-13/h1-3,5-6,8-11H,12H2. The van der Waals surface area contributed by atoms with E-state index in [4.69, 9.17) is 4.74 Å². The third-order valence-corrected chi connectivity index (χ3v) is 2.24. The van der Waals surface area contributed by atoms with E-state index in [2.05, 4.69) is 16.8 Å². The van der Waals surface area contributed by atoms with Crippen LogP contribution in [0.2, 0.25) is 0 Å². The smallest absolute Gasteiger partial charge is 0.193 e. The zero-order valence-corrected chi connectivity index (χ0v) is 9.67. The monoisotopic (exact) mass is 237 g/mol. The van der Waals surface area contributed by atoms with Crippen molar-refractivity contribution in [3.05, 3.63) is 59.9 Å². The molecule has 0 bridgehead atoms. The van der Waals surface area contributed by atoms with Crippen LogP contribution in [0.1, 0.15) is 11.1 Å². The molecule has 0 radical (unpaired) electrons. The summed E-state index contributed by atoms with van der Waals surface area (Å²) in [5.74, 6) is 5.65. The first-order chi connectivity index (χ1) is 8.88. The predicted molar refractivity (Wildman–Crippen MR) is 68.0 cm³/mol. The van der Waals surface area contributed by atoms with Crippen LogP contribution in [0.4, 0.5) is 0 Å². The summed E-state index contributed by atoms with van der Waals surface area (Å²) in [4.78, 5) is 14.2. The van der Waals surface area contributed by atoms with Gasteiger partial charge in [-0.25, -0.2) is 0 Å². The first kappa shape index (κ1) is 11.9. The lowest BCUT2D eigenvalue weighted by Gasteiger charge is -2.05. The second-order valence-electron chi connectivity index (χ2n) is 3.57. The van der Waals surface area contributed by atoms with E-state index < -0.39 is 0 Å². The number of aromatic nitrogens is 1. The Labute approximate surface area is 105 Å². The maximum absolute atomic E-state index is 10.1. The Kier molecular flexibility index (Phi) is 4.10. The number of carbonyl (C=O) groups is 1. The topological polar surface area (TPSA) is 39.2 Å². The van der Waals surface area contributed by atoms with Crippen LogP contribution in [-0.2, 0) is 11.4 Å². The van der Waals surface area contributed by atoms with Gasteiger partial charge in [0.15, 0.2) is 6.29 Å². The van der Waals surface area contributed by atoms with Gasteiger partial charge in [-0.15, -0.1) is 0 Å². The van der Waals surface area contributed by atoms with Crippen molar-refractivity contribution in [3.8, 4) is 17.6 Å². The van der Waals surface area contributed by atoms with Crippen LogP contribution in [0.15, 0.2) is 48.8 Å². The quantitative estimate of drug-likeness (QED) is 0.607. The fourth-order valence-corrected chi connectivity index (χ4v) is 1.42. The second-order valence-corrected chi connectivity index (χ2v) is 3.57. The van der Waals surface area contributed by atoms with E-state index >= 15 is 0 Å². The van der Waals surface area contributed by atoms with Gasteiger partial charge >= 0.3 is 0 Å². The molecule has 0 aliphatic carbocycles. The van der Waals surface area contributed by atoms with Crippen molar-refractivity contribution in [2.24, 2.45) is 0 Å². The zero-order valence-electron chi connectivity index (χ0n) is 9.67. The zero-order chi connectivity index (χ0) is 12.6. The highest BCUT2D eigenvalue weighted by molar-refractivity contribution is 5.73. The van der Waals surface area contributed by atoms with Crippen LogP contribution < -0.4 is 4.74 Å². The maximum Gasteiger partial charge on any atom is 0.193 e. The highest BCUT2D eigenvalue weighted by Crippen LogP contribution is 2.12. The molecule has 0 aliphatic heterocycles. The summed E-state index contributed by atoms with van der Waals surface area (Å²) in [5.41, 5.74) is 1.74. The van der Waals surface area contributed by atoms with Gasteiger partial charge in [0.05, 0.1) is 6.20 Å². The van der Waals surface area contributed by atoms with Crippen LogP contribution in [0.3, 0.4) is 0 Å². The van der Waals surface area contributed by atoms with Gasteiger partial charge in [-0.05, 0) is 17.6 Å². The van der Waals surface area contributed by atoms with Gasteiger partial charge in [-0.3, -0.25) is 9.78 Å². The summed E-state index contributed by atoms with van der Waals surface area (Å²) in [6.07, 6.45) is 3.76. The molecule has 1 aromatic heterocycles. The van der Waals surface area contributed by atoms with Crippen molar-refractivity contribution in [2.75, 3.05) is 0 Å². The molecule has 88 valence electrons. The van der Waals surface area contributed by atoms with Gasteiger partial charge in [0.1, 0.15) is 12.4 Å². The average Bonchev–Trinajstić information content (AvgIpc) is 2.44. The molecule has 0 spiro atoms. The Bertz CT molecular complexity index is 582. The van der Waals surface area contributed by atoms with E-state index in [0.29, 0.717) is 24.2 Å². The van der Waals surface area contributed by atoms with Gasteiger partial charge in [-0.1, -0.05) is 36.3 Å². The van der Waals surface area contributed by atoms with E-state index in [9.17, 15) is 4.79 Å². The number of benzene rings is 1. The Hall–Kier alpha value is -2.60. The fraction of sp³-hybridized carbons (Fsp3) is 0.0667. The first-order valence-corrected chi connectivity index (χ1v) is 5.45. The summed E-state index contributed by atoms with van der Waals surface area (Å²) in [5, 5.41) is 0. The highest BCUT2D eigenvalue weighted by Gasteiger charge is 1.97. The van der Waals surface area contributed by atoms with Crippen molar-refractivity contribution >= 4 is 6.29 Å². The minimum Gasteiger partial charge on any atom is -0.487 e. The molecule has 0 N–H and O–H groups in total. The molecule has 1 aromatic carbocycles. The van der Waals surface area contributed by atoms with Crippen molar-refractivity contribution < 1.29 is 9.53 Å². The van der Waals surface area contributed by atoms with Crippen molar-refractivity contribution in [3.63, 3.8) is 0 Å². The molecule has 2 aromatic rings. The van der Waals surface area contributed by atoms with Gasteiger partial charge in [0.2, 0.25) is 0 Å². The third kappa shape index (κ3) is 3.46. The molecule has 0 saturated heterocycles. The van der Waals surface area contributed by atoms with Crippen LogP contribution in [-0.4, -0.2) is 11.3 Å². The highest BCUT2D eigenvalue weighted by atomic mass is 16.5. The molecule has 3 heteroatoms. The fourth-order valence-electron chi connectivity index (χ4n) is 1.42. The Morgan fingerprint density at radius 1 is 1.22 bits per heavy atom. The average molecular weight is 237 g/mol. The van der Waals surface area contributed by atoms with E-state index in [1.165, 1.54) is 0 Å². The summed E-state index contributed by atoms with van der Waals surface area (Å²) in [7, 11) is 0. The lowest BCUT2D eigenvalue weighted by molar-refractivity contribution is -0.103. The normalized spacial score (nSPS) is 9.11. The molecule has 0 unspecified atom stereocenters. The number of pyridine rings is 1. The first-order valence-electron chi connectivity index (χ1n) is 5.45. The number of hydrogen-bond acceptors (Lipinski definition) is 3. The minimum absolute atomic E-state index is 0.479. The van der Waals surface area contributed by atoms with Crippen LogP contribution in [0, 0.1) is 11.8 Å². The summed E-state index contributed by atoms with van der Waals surface area (Å²) >= 11 is 0. The van der Waals surface area contributed by atoms with E-state index in [-0.39, 0.29) is 0 Å². The number of hydrogen-bond donors (Lipinski definition) is 0. The molecule has 0 amide bonds. The van der Waals surface area contributed by atoms with Crippen LogP contribution in [0.5, 0.6) is 5.75 Å². The van der Waals surface area contributed by atoms with Crippen molar-refractivity contribution in [2.45, 2.75) is 6.61 Å². The van der Waals surface area contributed by atoms with Gasteiger partial charge in [0.25, 0.3) is 0 Å². The SMILES string of the molecule is O=CC#Cc1cncc(OCc2ccccc2)c1. The third-order valence-electron chi connectivity index (χ3n) is 2.24. The number of rotatable bonds is 3. The maximum atomic E-state index is 10.1. The molecule has 18 heavy (non-hydrogen) atoms. The van der Waals surface area contributed by atoms with E-state index in [1.807, 2.05) is 30.3 Å². The van der Waals surface area contributed by atoms with Crippen molar-refractivity contribution in [1.29, 1.82) is 0 Å². The minimum atomic E-state index is 0.479. The Balaban J connectivity index is 2.03. The number of nitrogens with zero attached hydrogens (tertiary/aromatic N) is 1. The van der Waals surface area contributed by atoms with Crippen molar-refractivity contribution in [1.82, 2.24) is 4.98 Å². The molecular formula is C15H11NO2. The molecule has 0 saturated carbocycles. The van der Waals surface area contributed by atoms with Gasteiger partial charge < -0.3 is 4.74 Å². The number of ether oxygens (including phenoxy) is 1. The van der Waals surface area contributed by atoms with Gasteiger partial charge in [-0.2, -0.15) is 0 Å². The largest absolute Gasteiger partial charge is 0.487 e. The summed E-state index contributed by atoms with van der Waals surface area (Å²) in [6.45, 7) is 0.479. The molecule has 2 rings (SSSR count). The molecule has 0 fully saturated rings. The Morgan fingerprint density at radius 3 is 2.83 bits per heavy atom. The summed E-state index contributed by atoms with van der Waals surface area (Å²) in [6, 6.07) is 11.6. The lowest BCUT2D eigenvalue weighted by Crippen LogP contribution is -1.95. The summed E-state index contributed by atoms with van der Waals surface area (Å²) < 4.78 is 5.59. The predicted octanol–water partition coefficient (Wildman–Crippen LogP) is 2.21. The molecule has 0 atom stereocenters.